The maximum atomic E-state index is 12.6. The van der Waals surface area contributed by atoms with E-state index >= 15 is 0 Å². The van der Waals surface area contributed by atoms with Crippen molar-refractivity contribution in [1.82, 2.24) is 0 Å². The summed E-state index contributed by atoms with van der Waals surface area (Å²) in [5, 5.41) is 0. The van der Waals surface area contributed by atoms with E-state index < -0.39 is 5.97 Å². The van der Waals surface area contributed by atoms with Crippen molar-refractivity contribution >= 4 is 11.8 Å². The van der Waals surface area contributed by atoms with Crippen LogP contribution in [-0.2, 0) is 4.74 Å². The summed E-state index contributed by atoms with van der Waals surface area (Å²) in [6.45, 7) is 6.23. The first-order valence-corrected chi connectivity index (χ1v) is 7.45. The molecule has 110 valence electrons. The Morgan fingerprint density at radius 1 is 1.00 bits per heavy atom. The zero-order valence-corrected chi connectivity index (χ0v) is 12.6. The SMILES string of the molecule is CCCC(CCC)C(=O)c1ccccc1C(=O)OCC. The smallest absolute Gasteiger partial charge is 0.338 e. The highest BCUT2D eigenvalue weighted by Crippen LogP contribution is 2.22. The molecule has 3 nitrogen and oxygen atoms in total. The van der Waals surface area contributed by atoms with Crippen LogP contribution in [0.1, 0.15) is 67.2 Å². The second-order valence-electron chi connectivity index (χ2n) is 4.90. The van der Waals surface area contributed by atoms with Crippen LogP contribution in [0.25, 0.3) is 0 Å². The lowest BCUT2D eigenvalue weighted by molar-refractivity contribution is 0.0522. The largest absolute Gasteiger partial charge is 0.462 e. The predicted molar refractivity (Wildman–Crippen MR) is 80.0 cm³/mol. The van der Waals surface area contributed by atoms with Crippen molar-refractivity contribution in [1.29, 1.82) is 0 Å². The fraction of sp³-hybridized carbons (Fsp3) is 0.529. The molecule has 0 bridgehead atoms. The summed E-state index contributed by atoms with van der Waals surface area (Å²) in [5.41, 5.74) is 0.884. The number of hydrogen-bond donors (Lipinski definition) is 0. The van der Waals surface area contributed by atoms with E-state index in [2.05, 4.69) is 13.8 Å². The molecular formula is C17H24O3. The molecule has 1 aromatic rings. The molecule has 0 aliphatic rings. The first kappa shape index (κ1) is 16.4. The summed E-state index contributed by atoms with van der Waals surface area (Å²) in [4.78, 5) is 24.6. The molecule has 1 rings (SSSR count). The van der Waals surface area contributed by atoms with Gasteiger partial charge in [-0.25, -0.2) is 4.79 Å². The van der Waals surface area contributed by atoms with Crippen molar-refractivity contribution in [2.45, 2.75) is 46.5 Å². The normalized spacial score (nSPS) is 10.6. The van der Waals surface area contributed by atoms with Gasteiger partial charge in [-0.1, -0.05) is 44.9 Å². The zero-order chi connectivity index (χ0) is 15.0. The third-order valence-corrected chi connectivity index (χ3v) is 3.33. The Hall–Kier alpha value is -1.64. The van der Waals surface area contributed by atoms with E-state index in [1.54, 1.807) is 31.2 Å². The van der Waals surface area contributed by atoms with E-state index in [0.717, 1.165) is 25.7 Å². The molecule has 0 heterocycles. The van der Waals surface area contributed by atoms with Gasteiger partial charge < -0.3 is 4.74 Å². The minimum absolute atomic E-state index is 0.000534. The number of benzene rings is 1. The van der Waals surface area contributed by atoms with Crippen molar-refractivity contribution in [2.75, 3.05) is 6.61 Å². The highest BCUT2D eigenvalue weighted by Gasteiger charge is 2.23. The lowest BCUT2D eigenvalue weighted by Crippen LogP contribution is -2.19. The third kappa shape index (κ3) is 4.19. The van der Waals surface area contributed by atoms with Gasteiger partial charge in [-0.05, 0) is 25.8 Å². The number of ketones is 1. The molecular weight excluding hydrogens is 252 g/mol. The number of ether oxygens (including phenoxy) is 1. The summed E-state index contributed by atoms with van der Waals surface area (Å²) in [6, 6.07) is 6.95. The average molecular weight is 276 g/mol. The molecule has 0 fully saturated rings. The lowest BCUT2D eigenvalue weighted by Gasteiger charge is -2.16. The van der Waals surface area contributed by atoms with Gasteiger partial charge in [-0.3, -0.25) is 4.79 Å². The Morgan fingerprint density at radius 2 is 1.55 bits per heavy atom. The predicted octanol–water partition coefficient (Wildman–Crippen LogP) is 4.26. The van der Waals surface area contributed by atoms with Gasteiger partial charge in [0.15, 0.2) is 5.78 Å². The van der Waals surface area contributed by atoms with Gasteiger partial charge in [0.2, 0.25) is 0 Å². The highest BCUT2D eigenvalue weighted by molar-refractivity contribution is 6.07. The summed E-state index contributed by atoms with van der Waals surface area (Å²) in [6.07, 6.45) is 3.67. The first-order chi connectivity index (χ1) is 9.65. The standard InChI is InChI=1S/C17H24O3/c1-4-9-13(10-5-2)16(18)14-11-7-8-12-15(14)17(19)20-6-3/h7-8,11-13H,4-6,9-10H2,1-3H3. The van der Waals surface area contributed by atoms with E-state index in [9.17, 15) is 9.59 Å². The van der Waals surface area contributed by atoms with Crippen LogP contribution in [-0.4, -0.2) is 18.4 Å². The fourth-order valence-corrected chi connectivity index (χ4v) is 2.41. The first-order valence-electron chi connectivity index (χ1n) is 7.45. The maximum Gasteiger partial charge on any atom is 0.338 e. The number of Topliss-reactive ketones (excluding diaryl/α,β-unsaturated/α-hetero) is 1. The van der Waals surface area contributed by atoms with E-state index in [4.69, 9.17) is 4.74 Å². The van der Waals surface area contributed by atoms with Gasteiger partial charge in [0, 0.05) is 11.5 Å². The number of hydrogen-bond acceptors (Lipinski definition) is 3. The molecule has 0 saturated heterocycles. The van der Waals surface area contributed by atoms with Crippen molar-refractivity contribution in [3.05, 3.63) is 35.4 Å². The number of rotatable bonds is 8. The van der Waals surface area contributed by atoms with E-state index in [1.165, 1.54) is 0 Å². The maximum absolute atomic E-state index is 12.6. The van der Waals surface area contributed by atoms with Crippen LogP contribution in [0.3, 0.4) is 0 Å². The molecule has 0 spiro atoms. The van der Waals surface area contributed by atoms with Crippen LogP contribution >= 0.6 is 0 Å². The van der Waals surface area contributed by atoms with E-state index in [1.807, 2.05) is 0 Å². The average Bonchev–Trinajstić information content (AvgIpc) is 2.46. The quantitative estimate of drug-likeness (QED) is 0.526. The van der Waals surface area contributed by atoms with Gasteiger partial charge >= 0.3 is 5.97 Å². The summed E-state index contributed by atoms with van der Waals surface area (Å²) in [5.74, 6) is -0.346. The number of carbonyl (C=O) groups excluding carboxylic acids is 2. The van der Waals surface area contributed by atoms with Crippen LogP contribution in [0.2, 0.25) is 0 Å². The summed E-state index contributed by atoms with van der Waals surface area (Å²) < 4.78 is 5.03. The van der Waals surface area contributed by atoms with Crippen molar-refractivity contribution in [3.63, 3.8) is 0 Å². The molecule has 0 saturated carbocycles. The number of carbonyl (C=O) groups is 2. The molecule has 20 heavy (non-hydrogen) atoms. The second kappa shape index (κ2) is 8.51. The summed E-state index contributed by atoms with van der Waals surface area (Å²) >= 11 is 0. The highest BCUT2D eigenvalue weighted by atomic mass is 16.5. The molecule has 0 aliphatic heterocycles. The molecule has 3 heteroatoms. The van der Waals surface area contributed by atoms with Gasteiger partial charge in [0.05, 0.1) is 12.2 Å². The van der Waals surface area contributed by atoms with Crippen LogP contribution in [0.15, 0.2) is 24.3 Å². The molecule has 0 N–H and O–H groups in total. The van der Waals surface area contributed by atoms with Crippen LogP contribution in [0.5, 0.6) is 0 Å². The van der Waals surface area contributed by atoms with Gasteiger partial charge in [-0.15, -0.1) is 0 Å². The Bertz CT molecular complexity index is 445. The topological polar surface area (TPSA) is 43.4 Å². The Labute approximate surface area is 121 Å². The monoisotopic (exact) mass is 276 g/mol. The minimum atomic E-state index is -0.414. The molecule has 0 aliphatic carbocycles. The van der Waals surface area contributed by atoms with Gasteiger partial charge in [0.25, 0.3) is 0 Å². The van der Waals surface area contributed by atoms with Gasteiger partial charge in [-0.2, -0.15) is 0 Å². The molecule has 0 radical (unpaired) electrons. The van der Waals surface area contributed by atoms with E-state index in [0.29, 0.717) is 17.7 Å². The van der Waals surface area contributed by atoms with Crippen molar-refractivity contribution < 1.29 is 14.3 Å². The third-order valence-electron chi connectivity index (χ3n) is 3.33. The Balaban J connectivity index is 3.04. The molecule has 0 unspecified atom stereocenters. The van der Waals surface area contributed by atoms with Crippen LogP contribution in [0, 0.1) is 5.92 Å². The van der Waals surface area contributed by atoms with Crippen LogP contribution < -0.4 is 0 Å². The van der Waals surface area contributed by atoms with Crippen LogP contribution in [0.4, 0.5) is 0 Å². The molecule has 1 aromatic carbocycles. The number of esters is 1. The van der Waals surface area contributed by atoms with Crippen molar-refractivity contribution in [3.8, 4) is 0 Å². The molecule has 0 aromatic heterocycles. The van der Waals surface area contributed by atoms with Crippen molar-refractivity contribution in [2.24, 2.45) is 5.92 Å². The minimum Gasteiger partial charge on any atom is -0.462 e. The zero-order valence-electron chi connectivity index (χ0n) is 12.6. The summed E-state index contributed by atoms with van der Waals surface area (Å²) in [7, 11) is 0. The Kier molecular flexibility index (Phi) is 6.99. The fourth-order valence-electron chi connectivity index (χ4n) is 2.41. The Morgan fingerprint density at radius 3 is 2.05 bits per heavy atom. The lowest BCUT2D eigenvalue weighted by atomic mass is 9.88. The van der Waals surface area contributed by atoms with Gasteiger partial charge in [0.1, 0.15) is 0 Å². The second-order valence-corrected chi connectivity index (χ2v) is 4.90. The van der Waals surface area contributed by atoms with E-state index in [-0.39, 0.29) is 11.7 Å². The molecule has 0 amide bonds. The molecule has 0 atom stereocenters.